The third-order valence-corrected chi connectivity index (χ3v) is 5.02. The van der Waals surface area contributed by atoms with Gasteiger partial charge in [0, 0.05) is 13.1 Å². The highest BCUT2D eigenvalue weighted by Crippen LogP contribution is 2.24. The number of carbonyl (C=O) groups excluding carboxylic acids is 1. The Morgan fingerprint density at radius 3 is 2.43 bits per heavy atom. The number of morpholine rings is 1. The number of ether oxygens (including phenoxy) is 1. The lowest BCUT2D eigenvalue weighted by atomic mass is 10.2. The Labute approximate surface area is 122 Å². The molecule has 1 aromatic carbocycles. The zero-order valence-corrected chi connectivity index (χ0v) is 12.4. The minimum absolute atomic E-state index is 0.0850. The van der Waals surface area contributed by atoms with E-state index in [2.05, 4.69) is 0 Å². The Hall–Kier alpha value is -1.51. The van der Waals surface area contributed by atoms with Gasteiger partial charge in [0.1, 0.15) is 10.7 Å². The number of benzene rings is 1. The molecule has 1 aromatic rings. The first-order valence-corrected chi connectivity index (χ1v) is 7.82. The molecule has 1 aliphatic heterocycles. The summed E-state index contributed by atoms with van der Waals surface area (Å²) < 4.78 is 45.3. The van der Waals surface area contributed by atoms with Crippen molar-refractivity contribution in [3.63, 3.8) is 0 Å². The van der Waals surface area contributed by atoms with Gasteiger partial charge in [-0.1, -0.05) is 6.07 Å². The van der Waals surface area contributed by atoms with Crippen molar-refractivity contribution >= 4 is 16.0 Å². The maximum absolute atomic E-state index is 13.8. The first-order chi connectivity index (χ1) is 9.71. The lowest BCUT2D eigenvalue weighted by Gasteiger charge is -2.34. The van der Waals surface area contributed by atoms with E-state index >= 15 is 0 Å². The van der Waals surface area contributed by atoms with Gasteiger partial charge < -0.3 is 14.6 Å². The molecule has 0 bridgehead atoms. The number of carboxylic acid groups (broad SMARTS) is 1. The fourth-order valence-corrected chi connectivity index (χ4v) is 3.97. The van der Waals surface area contributed by atoms with Crippen LogP contribution >= 0.6 is 0 Å². The summed E-state index contributed by atoms with van der Waals surface area (Å²) in [5.74, 6) is -2.55. The molecule has 0 N–H and O–H groups in total. The quantitative estimate of drug-likeness (QED) is 0.782. The molecule has 1 fully saturated rings. The van der Waals surface area contributed by atoms with Gasteiger partial charge in [0.05, 0.1) is 18.2 Å². The lowest BCUT2D eigenvalue weighted by Crippen LogP contribution is -2.48. The van der Waals surface area contributed by atoms with Gasteiger partial charge in [-0.25, -0.2) is 12.8 Å². The molecule has 21 heavy (non-hydrogen) atoms. The van der Waals surface area contributed by atoms with Gasteiger partial charge in [-0.15, -0.1) is 0 Å². The number of carboxylic acids is 1. The van der Waals surface area contributed by atoms with E-state index in [-0.39, 0.29) is 30.9 Å². The summed E-state index contributed by atoms with van der Waals surface area (Å²) in [6.07, 6.45) is -0.646. The molecule has 0 radical (unpaired) electrons. The second kappa shape index (κ2) is 5.70. The maximum atomic E-state index is 13.8. The zero-order chi connectivity index (χ0) is 15.8. The highest BCUT2D eigenvalue weighted by atomic mass is 32.2. The largest absolute Gasteiger partial charge is 0.545 e. The van der Waals surface area contributed by atoms with Crippen molar-refractivity contribution in [3.05, 3.63) is 29.6 Å². The van der Waals surface area contributed by atoms with E-state index in [0.717, 1.165) is 22.5 Å². The second-order valence-electron chi connectivity index (χ2n) is 5.01. The number of hydrogen-bond donors (Lipinski definition) is 0. The smallest absolute Gasteiger partial charge is 0.246 e. The first kappa shape index (κ1) is 15.9. The molecule has 6 nitrogen and oxygen atoms in total. The predicted octanol–water partition coefficient (Wildman–Crippen LogP) is -0.0129. The van der Waals surface area contributed by atoms with Gasteiger partial charge >= 0.3 is 0 Å². The van der Waals surface area contributed by atoms with E-state index in [0.29, 0.717) is 0 Å². The third kappa shape index (κ3) is 3.22. The summed E-state index contributed by atoms with van der Waals surface area (Å²) in [5, 5.41) is 10.8. The van der Waals surface area contributed by atoms with E-state index in [1.807, 2.05) is 0 Å². The highest BCUT2D eigenvalue weighted by Gasteiger charge is 2.34. The van der Waals surface area contributed by atoms with Gasteiger partial charge in [0.15, 0.2) is 0 Å². The number of carbonyl (C=O) groups is 1. The summed E-state index contributed by atoms with van der Waals surface area (Å²) >= 11 is 0. The number of aromatic carboxylic acids is 1. The summed E-state index contributed by atoms with van der Waals surface area (Å²) in [6.45, 7) is 3.60. The number of rotatable bonds is 3. The van der Waals surface area contributed by atoms with Crippen LogP contribution in [-0.4, -0.2) is 44.0 Å². The molecular formula is C13H15FNO5S-. The summed E-state index contributed by atoms with van der Waals surface area (Å²) in [6, 6.07) is 2.56. The molecule has 0 saturated carbocycles. The van der Waals surface area contributed by atoms with Crippen molar-refractivity contribution in [1.82, 2.24) is 4.31 Å². The number of nitrogens with zero attached hydrogens (tertiary/aromatic N) is 1. The van der Waals surface area contributed by atoms with Crippen LogP contribution in [0.4, 0.5) is 4.39 Å². The monoisotopic (exact) mass is 316 g/mol. The Morgan fingerprint density at radius 2 is 1.90 bits per heavy atom. The molecule has 116 valence electrons. The average molecular weight is 316 g/mol. The first-order valence-electron chi connectivity index (χ1n) is 6.38. The van der Waals surface area contributed by atoms with Gasteiger partial charge in [0.25, 0.3) is 0 Å². The molecule has 1 aliphatic rings. The molecule has 1 heterocycles. The van der Waals surface area contributed by atoms with Crippen LogP contribution in [0.15, 0.2) is 23.1 Å². The Kier molecular flexibility index (Phi) is 4.31. The number of hydrogen-bond acceptors (Lipinski definition) is 5. The molecular weight excluding hydrogens is 301 g/mol. The molecule has 2 rings (SSSR count). The van der Waals surface area contributed by atoms with Crippen molar-refractivity contribution in [2.24, 2.45) is 0 Å². The summed E-state index contributed by atoms with van der Waals surface area (Å²) in [7, 11) is -4.13. The predicted molar refractivity (Wildman–Crippen MR) is 69.5 cm³/mol. The van der Waals surface area contributed by atoms with E-state index in [4.69, 9.17) is 4.74 Å². The summed E-state index contributed by atoms with van der Waals surface area (Å²) in [5.41, 5.74) is -0.385. The SMILES string of the molecule is C[C@@H]1CN(S(=O)(=O)c2cc(C(=O)[O-])ccc2F)C[C@H](C)O1. The minimum atomic E-state index is -4.13. The van der Waals surface area contributed by atoms with Gasteiger partial charge in [-0.05, 0) is 31.5 Å². The average Bonchev–Trinajstić information content (AvgIpc) is 2.37. The lowest BCUT2D eigenvalue weighted by molar-refractivity contribution is -0.255. The van der Waals surface area contributed by atoms with Gasteiger partial charge in [-0.2, -0.15) is 4.31 Å². The Morgan fingerprint density at radius 1 is 1.33 bits per heavy atom. The molecule has 2 atom stereocenters. The molecule has 0 amide bonds. The maximum Gasteiger partial charge on any atom is 0.246 e. The minimum Gasteiger partial charge on any atom is -0.545 e. The number of sulfonamides is 1. The molecule has 8 heteroatoms. The van der Waals surface area contributed by atoms with Crippen LogP contribution in [0.2, 0.25) is 0 Å². The van der Waals surface area contributed by atoms with Gasteiger partial charge in [0.2, 0.25) is 10.0 Å². The Bertz CT molecular complexity index is 651. The van der Waals surface area contributed by atoms with Crippen LogP contribution in [0.25, 0.3) is 0 Å². The highest BCUT2D eigenvalue weighted by molar-refractivity contribution is 7.89. The van der Waals surface area contributed by atoms with Crippen molar-refractivity contribution in [2.45, 2.75) is 31.0 Å². The van der Waals surface area contributed by atoms with E-state index in [1.54, 1.807) is 13.8 Å². The van der Waals surface area contributed by atoms with Crippen LogP contribution in [0.1, 0.15) is 24.2 Å². The fourth-order valence-electron chi connectivity index (χ4n) is 2.29. The van der Waals surface area contributed by atoms with E-state index < -0.39 is 26.7 Å². The van der Waals surface area contributed by atoms with Crippen LogP contribution in [0.5, 0.6) is 0 Å². The van der Waals surface area contributed by atoms with Crippen molar-refractivity contribution in [3.8, 4) is 0 Å². The second-order valence-corrected chi connectivity index (χ2v) is 6.92. The zero-order valence-electron chi connectivity index (χ0n) is 11.6. The molecule has 0 aliphatic carbocycles. The normalized spacial score (nSPS) is 24.0. The van der Waals surface area contributed by atoms with Crippen LogP contribution in [0, 0.1) is 5.82 Å². The molecule has 0 spiro atoms. The van der Waals surface area contributed by atoms with Crippen LogP contribution < -0.4 is 5.11 Å². The summed E-state index contributed by atoms with van der Waals surface area (Å²) in [4.78, 5) is 10.1. The topological polar surface area (TPSA) is 86.7 Å². The third-order valence-electron chi connectivity index (χ3n) is 3.17. The molecule has 1 saturated heterocycles. The number of halogens is 1. The van der Waals surface area contributed by atoms with E-state index in [9.17, 15) is 22.7 Å². The van der Waals surface area contributed by atoms with Gasteiger partial charge in [-0.3, -0.25) is 0 Å². The van der Waals surface area contributed by atoms with Crippen LogP contribution in [0.3, 0.4) is 0 Å². The molecule has 0 unspecified atom stereocenters. The Balaban J connectivity index is 2.44. The van der Waals surface area contributed by atoms with Crippen molar-refractivity contribution in [1.29, 1.82) is 0 Å². The fraction of sp³-hybridized carbons (Fsp3) is 0.462. The van der Waals surface area contributed by atoms with E-state index in [1.165, 1.54) is 0 Å². The van der Waals surface area contributed by atoms with Crippen molar-refractivity contribution in [2.75, 3.05) is 13.1 Å². The molecule has 0 aromatic heterocycles. The van der Waals surface area contributed by atoms with Crippen LogP contribution in [-0.2, 0) is 14.8 Å². The standard InChI is InChI=1S/C13H16FNO5S/c1-8-6-15(7-9(2)20-8)21(18,19)12-5-10(13(16)17)3-4-11(12)14/h3-5,8-9H,6-7H2,1-2H3,(H,16,17)/p-1/t8-,9+. The van der Waals surface area contributed by atoms with Crippen molar-refractivity contribution < 1.29 is 27.4 Å².